The molecule has 35 heavy (non-hydrogen) atoms. The van der Waals surface area contributed by atoms with Crippen LogP contribution in [0.2, 0.25) is 5.02 Å². The van der Waals surface area contributed by atoms with Crippen molar-refractivity contribution in [2.45, 2.75) is 6.92 Å². The van der Waals surface area contributed by atoms with Gasteiger partial charge in [0, 0.05) is 42.2 Å². The fraction of sp³-hybridized carbons (Fsp3) is 0.208. The molecule has 1 aliphatic heterocycles. The lowest BCUT2D eigenvalue weighted by Gasteiger charge is -2.35. The number of aromatic nitrogens is 2. The molecule has 0 N–H and O–H groups in total. The molecule has 178 valence electrons. The molecule has 2 aromatic carbocycles. The summed E-state index contributed by atoms with van der Waals surface area (Å²) in [5.74, 6) is -0.560. The summed E-state index contributed by atoms with van der Waals surface area (Å²) in [6.45, 7) is 3.44. The highest BCUT2D eigenvalue weighted by atomic mass is 35.5. The summed E-state index contributed by atoms with van der Waals surface area (Å²) < 4.78 is 19.2. The van der Waals surface area contributed by atoms with Gasteiger partial charge in [0.2, 0.25) is 0 Å². The molecular weight excluding hydrogens is 477 g/mol. The van der Waals surface area contributed by atoms with E-state index in [4.69, 9.17) is 16.0 Å². The van der Waals surface area contributed by atoms with Gasteiger partial charge in [-0.05, 0) is 42.3 Å². The summed E-state index contributed by atoms with van der Waals surface area (Å²) in [6.07, 6.45) is 1.46. The van der Waals surface area contributed by atoms with Gasteiger partial charge in [-0.15, -0.1) is 0 Å². The zero-order valence-electron chi connectivity index (χ0n) is 18.6. The number of piperazine rings is 1. The van der Waals surface area contributed by atoms with Gasteiger partial charge in [0.05, 0.1) is 11.6 Å². The number of benzene rings is 2. The molecule has 1 amide bonds. The molecule has 0 spiro atoms. The fourth-order valence-corrected chi connectivity index (χ4v) is 4.39. The van der Waals surface area contributed by atoms with Crippen LogP contribution in [0.5, 0.6) is 0 Å². The van der Waals surface area contributed by atoms with Crippen LogP contribution in [-0.4, -0.2) is 51.9 Å². The molecule has 1 fully saturated rings. The molecule has 3 heterocycles. The van der Waals surface area contributed by atoms with Crippen molar-refractivity contribution in [3.05, 3.63) is 81.1 Å². The average Bonchev–Trinajstić information content (AvgIpc) is 3.36. The van der Waals surface area contributed by atoms with Crippen LogP contribution in [0, 0.1) is 22.9 Å². The number of hydrogen-bond acceptors (Lipinski definition) is 7. The van der Waals surface area contributed by atoms with Crippen molar-refractivity contribution in [2.75, 3.05) is 31.1 Å². The second kappa shape index (κ2) is 8.95. The molecule has 2 aromatic heterocycles. The first-order valence-electron chi connectivity index (χ1n) is 10.8. The quantitative estimate of drug-likeness (QED) is 0.294. The number of hydrogen-bond donors (Lipinski definition) is 0. The molecule has 11 heteroatoms. The smallest absolute Gasteiger partial charge is 0.395 e. The highest BCUT2D eigenvalue weighted by molar-refractivity contribution is 6.34. The van der Waals surface area contributed by atoms with Crippen molar-refractivity contribution in [1.29, 1.82) is 0 Å². The normalized spacial score (nSPS) is 13.9. The highest BCUT2D eigenvalue weighted by Crippen LogP contribution is 2.35. The number of fused-ring (bicyclic) bond motifs is 1. The first-order chi connectivity index (χ1) is 16.8. The first kappa shape index (κ1) is 22.7. The lowest BCUT2D eigenvalue weighted by atomic mass is 10.0. The average molecular weight is 496 g/mol. The fourth-order valence-electron chi connectivity index (χ4n) is 4.11. The van der Waals surface area contributed by atoms with Crippen molar-refractivity contribution >= 4 is 40.1 Å². The number of furan rings is 1. The van der Waals surface area contributed by atoms with E-state index in [1.807, 2.05) is 17.0 Å². The van der Waals surface area contributed by atoms with E-state index in [1.54, 1.807) is 24.0 Å². The van der Waals surface area contributed by atoms with E-state index >= 15 is 0 Å². The number of amides is 1. The molecular formula is C24H19ClFN5O4. The summed E-state index contributed by atoms with van der Waals surface area (Å²) in [7, 11) is 0. The molecule has 4 aromatic rings. The third-order valence-electron chi connectivity index (χ3n) is 6.03. The molecule has 0 unspecified atom stereocenters. The summed E-state index contributed by atoms with van der Waals surface area (Å²) in [5, 5.41) is 12.0. The van der Waals surface area contributed by atoms with E-state index in [9.17, 15) is 19.3 Å². The van der Waals surface area contributed by atoms with E-state index in [2.05, 4.69) is 9.97 Å². The van der Waals surface area contributed by atoms with Crippen LogP contribution in [-0.2, 0) is 0 Å². The van der Waals surface area contributed by atoms with E-state index in [0.29, 0.717) is 59.2 Å². The van der Waals surface area contributed by atoms with Gasteiger partial charge in [0.25, 0.3) is 5.91 Å². The van der Waals surface area contributed by atoms with E-state index in [1.165, 1.54) is 24.5 Å². The Morgan fingerprint density at radius 2 is 1.89 bits per heavy atom. The summed E-state index contributed by atoms with van der Waals surface area (Å²) >= 11 is 6.59. The van der Waals surface area contributed by atoms with Crippen LogP contribution < -0.4 is 4.90 Å². The summed E-state index contributed by atoms with van der Waals surface area (Å²) in [4.78, 5) is 35.3. The van der Waals surface area contributed by atoms with Gasteiger partial charge in [-0.1, -0.05) is 23.7 Å². The second-order valence-corrected chi connectivity index (χ2v) is 8.59. The minimum atomic E-state index is -0.680. The second-order valence-electron chi connectivity index (χ2n) is 8.18. The standard InChI is InChI=1S/C24H19ClFN5O4/c1-14-2-3-15(10-19(14)26)16-12-20-17(11-18(16)25)23(28-13-27-20)29-6-8-30(9-7-29)24(32)21-4-5-22(35-21)31(33)34/h2-5,10-13H,6-9H2,1H3. The lowest BCUT2D eigenvalue weighted by molar-refractivity contribution is -0.402. The number of halogens is 2. The van der Waals surface area contributed by atoms with Gasteiger partial charge in [-0.25, -0.2) is 14.4 Å². The van der Waals surface area contributed by atoms with Gasteiger partial charge in [0.15, 0.2) is 5.76 Å². The highest BCUT2D eigenvalue weighted by Gasteiger charge is 2.27. The largest absolute Gasteiger partial charge is 0.433 e. The first-order valence-corrected chi connectivity index (χ1v) is 11.2. The van der Waals surface area contributed by atoms with Gasteiger partial charge in [0.1, 0.15) is 22.9 Å². The van der Waals surface area contributed by atoms with Gasteiger partial charge in [-0.2, -0.15) is 0 Å². The van der Waals surface area contributed by atoms with E-state index in [0.717, 1.165) is 5.39 Å². The summed E-state index contributed by atoms with van der Waals surface area (Å²) in [6, 6.07) is 11.0. The third kappa shape index (κ3) is 4.28. The summed E-state index contributed by atoms with van der Waals surface area (Å²) in [5.41, 5.74) is 2.55. The number of anilines is 1. The molecule has 9 nitrogen and oxygen atoms in total. The van der Waals surface area contributed by atoms with Crippen LogP contribution in [0.15, 0.2) is 53.2 Å². The molecule has 0 radical (unpaired) electrons. The molecule has 0 saturated carbocycles. The Balaban J connectivity index is 1.37. The van der Waals surface area contributed by atoms with Crippen molar-refractivity contribution < 1.29 is 18.5 Å². The molecule has 1 aliphatic rings. The monoisotopic (exact) mass is 495 g/mol. The van der Waals surface area contributed by atoms with Gasteiger partial charge in [-0.3, -0.25) is 14.9 Å². The number of aryl methyl sites for hydroxylation is 1. The number of carbonyl (C=O) groups is 1. The number of rotatable bonds is 4. The predicted molar refractivity (Wildman–Crippen MR) is 128 cm³/mol. The maximum absolute atomic E-state index is 14.1. The Bertz CT molecular complexity index is 1470. The number of nitrogens with zero attached hydrogens (tertiary/aromatic N) is 5. The van der Waals surface area contributed by atoms with Crippen molar-refractivity contribution in [3.8, 4) is 11.1 Å². The van der Waals surface area contributed by atoms with Crippen LogP contribution in [0.25, 0.3) is 22.0 Å². The molecule has 1 saturated heterocycles. The number of nitro groups is 1. The molecule has 0 bridgehead atoms. The number of carbonyl (C=O) groups excluding carboxylic acids is 1. The minimum Gasteiger partial charge on any atom is -0.395 e. The maximum atomic E-state index is 14.1. The zero-order chi connectivity index (χ0) is 24.7. The van der Waals surface area contributed by atoms with Crippen molar-refractivity contribution in [3.63, 3.8) is 0 Å². The predicted octanol–water partition coefficient (Wildman–Crippen LogP) is 4.86. The van der Waals surface area contributed by atoms with Crippen LogP contribution in [0.3, 0.4) is 0 Å². The van der Waals surface area contributed by atoms with Crippen LogP contribution in [0.1, 0.15) is 16.1 Å². The SMILES string of the molecule is Cc1ccc(-c2cc3ncnc(N4CCN(C(=O)c5ccc([N+](=O)[O-])o5)CC4)c3cc2Cl)cc1F. The molecule has 0 atom stereocenters. The van der Waals surface area contributed by atoms with Gasteiger partial charge >= 0.3 is 5.88 Å². The van der Waals surface area contributed by atoms with E-state index in [-0.39, 0.29) is 11.6 Å². The van der Waals surface area contributed by atoms with Gasteiger partial charge < -0.3 is 14.2 Å². The lowest BCUT2D eigenvalue weighted by Crippen LogP contribution is -2.49. The Morgan fingerprint density at radius 3 is 2.57 bits per heavy atom. The Labute approximate surface area is 203 Å². The van der Waals surface area contributed by atoms with Crippen molar-refractivity contribution in [1.82, 2.24) is 14.9 Å². The Morgan fingerprint density at radius 1 is 1.11 bits per heavy atom. The Hall–Kier alpha value is -4.05. The minimum absolute atomic E-state index is 0.0653. The van der Waals surface area contributed by atoms with Crippen molar-refractivity contribution in [2.24, 2.45) is 0 Å². The Kier molecular flexibility index (Phi) is 5.81. The third-order valence-corrected chi connectivity index (χ3v) is 6.35. The zero-order valence-corrected chi connectivity index (χ0v) is 19.3. The van der Waals surface area contributed by atoms with Crippen LogP contribution in [0.4, 0.5) is 16.1 Å². The maximum Gasteiger partial charge on any atom is 0.433 e. The topological polar surface area (TPSA) is 106 Å². The van der Waals surface area contributed by atoms with E-state index < -0.39 is 16.7 Å². The van der Waals surface area contributed by atoms with Crippen LogP contribution >= 0.6 is 11.6 Å². The molecule has 0 aliphatic carbocycles. The molecule has 5 rings (SSSR count).